The van der Waals surface area contributed by atoms with Crippen LogP contribution in [-0.4, -0.2) is 124 Å². The number of carbonyl (C=O) groups excluding carboxylic acids is 3. The number of benzene rings is 1. The standard InChI is InChI=1S/C30H32Cl2N6O10S3.C2HF3O2/c31-16-14(6-7-15(39)21(16)40)24(41)34-8-9-49-10-13-11-50-27-19(26(43)38(27)20(13)28(44)45)35-25(42)18(17-23(32)51-30(33)36-17)37-48-22(29(46)47)12-4-2-1-3-5-12;3-2(4,5)1(6)7/h6-7,12,19,22,27,39-40H,1-5,8-11H2,(H2,33,36)(H,34,41)(H,35,42)(H,44,45)(H,46,47);(H,6,7)/b37-18-;/t19-,22?,27-;/m1./s1. The van der Waals surface area contributed by atoms with E-state index in [1.807, 2.05) is 0 Å². The zero-order chi connectivity index (χ0) is 43.1. The van der Waals surface area contributed by atoms with Gasteiger partial charge in [0.05, 0.1) is 10.6 Å². The van der Waals surface area contributed by atoms with Crippen molar-refractivity contribution in [2.24, 2.45) is 11.1 Å². The molecule has 9 N–H and O–H groups in total. The number of thioether (sulfide) groups is 2. The van der Waals surface area contributed by atoms with Gasteiger partial charge < -0.3 is 46.7 Å². The first-order valence-corrected chi connectivity index (χ1v) is 20.5. The largest absolute Gasteiger partial charge is 0.504 e. The molecular weight excluding hydrogens is 884 g/mol. The van der Waals surface area contributed by atoms with Gasteiger partial charge in [0, 0.05) is 29.7 Å². The van der Waals surface area contributed by atoms with E-state index < -0.39 is 76.5 Å². The van der Waals surface area contributed by atoms with Gasteiger partial charge in [0.25, 0.3) is 17.7 Å². The number of nitrogens with zero attached hydrogens (tertiary/aromatic N) is 3. The first-order valence-electron chi connectivity index (χ1n) is 16.7. The lowest BCUT2D eigenvalue weighted by atomic mass is 9.85. The number of carboxylic acid groups (broad SMARTS) is 3. The van der Waals surface area contributed by atoms with Crippen molar-refractivity contribution in [3.05, 3.63) is 44.0 Å². The molecule has 0 spiro atoms. The summed E-state index contributed by atoms with van der Waals surface area (Å²) in [6.07, 6.45) is -2.55. The Morgan fingerprint density at radius 3 is 2.33 bits per heavy atom. The average Bonchev–Trinajstić information content (AvgIpc) is 3.50. The third-order valence-corrected chi connectivity index (χ3v) is 12.4. The molecule has 1 aromatic heterocycles. The van der Waals surface area contributed by atoms with E-state index in [4.69, 9.17) is 43.7 Å². The summed E-state index contributed by atoms with van der Waals surface area (Å²) in [6.45, 7) is 0.166. The number of aromatic hydroxyl groups is 2. The highest BCUT2D eigenvalue weighted by Gasteiger charge is 2.54. The molecule has 1 aliphatic carbocycles. The van der Waals surface area contributed by atoms with Gasteiger partial charge in [-0.15, -0.1) is 11.8 Å². The van der Waals surface area contributed by atoms with Crippen molar-refractivity contribution in [3.8, 4) is 11.5 Å². The number of oxime groups is 1. The van der Waals surface area contributed by atoms with Gasteiger partial charge in [-0.3, -0.25) is 19.3 Å². The number of hydrogen-bond acceptors (Lipinski definition) is 15. The van der Waals surface area contributed by atoms with Crippen LogP contribution >= 0.6 is 58.1 Å². The number of carbonyl (C=O) groups is 6. The molecule has 18 nitrogen and oxygen atoms in total. The summed E-state index contributed by atoms with van der Waals surface area (Å²) < 4.78 is 31.7. The molecule has 316 valence electrons. The lowest BCUT2D eigenvalue weighted by Gasteiger charge is -2.49. The highest BCUT2D eigenvalue weighted by molar-refractivity contribution is 8.01. The predicted octanol–water partition coefficient (Wildman–Crippen LogP) is 3.73. The zero-order valence-electron chi connectivity index (χ0n) is 29.5. The molecule has 1 aromatic carbocycles. The molecule has 1 unspecified atom stereocenters. The Bertz CT molecular complexity index is 2010. The van der Waals surface area contributed by atoms with Crippen LogP contribution in [0.4, 0.5) is 18.3 Å². The number of hydrogen-bond donors (Lipinski definition) is 8. The van der Waals surface area contributed by atoms with Crippen molar-refractivity contribution in [3.63, 3.8) is 0 Å². The second-order valence-corrected chi connectivity index (χ2v) is 16.6. The normalized spacial score (nSPS) is 18.9. The highest BCUT2D eigenvalue weighted by atomic mass is 35.5. The van der Waals surface area contributed by atoms with Crippen LogP contribution in [0, 0.1) is 5.92 Å². The maximum absolute atomic E-state index is 13.6. The number of aliphatic carboxylic acids is 3. The number of β-lactam (4-membered cyclic amide) rings is 1. The SMILES string of the molecule is Nc1nc(/C(=N/OC(C(=O)O)C2CCCCC2)C(=O)N[C@@H]2C(=O)N3C(C(=O)O)=C(CSCCNC(=O)c4ccc(O)c(O)c4Cl)CS[C@H]23)c(Cl)s1.O=C(O)C(F)(F)F. The molecule has 2 aromatic rings. The van der Waals surface area contributed by atoms with Crippen LogP contribution in [0.25, 0.3) is 0 Å². The Morgan fingerprint density at radius 2 is 1.76 bits per heavy atom. The van der Waals surface area contributed by atoms with Crippen molar-refractivity contribution < 1.29 is 72.3 Å². The molecule has 0 bridgehead atoms. The molecular formula is C32H33Cl2F3N6O12S3. The Kier molecular flexibility index (Phi) is 15.8. The molecule has 5 rings (SSSR count). The topological polar surface area (TPSA) is 291 Å². The van der Waals surface area contributed by atoms with Crippen LogP contribution < -0.4 is 16.4 Å². The van der Waals surface area contributed by atoms with Gasteiger partial charge in [-0.2, -0.15) is 24.9 Å². The molecule has 0 radical (unpaired) electrons. The van der Waals surface area contributed by atoms with Crippen molar-refractivity contribution in [2.75, 3.05) is 29.5 Å². The molecule has 1 saturated heterocycles. The predicted molar refractivity (Wildman–Crippen MR) is 205 cm³/mol. The summed E-state index contributed by atoms with van der Waals surface area (Å²) >= 11 is 15.6. The quantitative estimate of drug-likeness (QED) is 0.0440. The zero-order valence-corrected chi connectivity index (χ0v) is 33.4. The number of phenolic OH excluding ortho intramolecular Hbond substituents is 2. The number of rotatable bonds is 14. The van der Waals surface area contributed by atoms with E-state index in [2.05, 4.69) is 20.8 Å². The molecule has 3 amide bonds. The number of amides is 3. The fourth-order valence-corrected chi connectivity index (χ4v) is 9.32. The number of halogens is 5. The second kappa shape index (κ2) is 19.9. The number of anilines is 1. The molecule has 2 aliphatic heterocycles. The number of phenols is 2. The van der Waals surface area contributed by atoms with Crippen LogP contribution in [-0.2, 0) is 28.8 Å². The van der Waals surface area contributed by atoms with E-state index in [-0.39, 0.29) is 55.4 Å². The minimum Gasteiger partial charge on any atom is -0.504 e. The fraction of sp³-hybridized carbons (Fsp3) is 0.438. The maximum atomic E-state index is 13.6. The number of fused-ring (bicyclic) bond motifs is 1. The molecule has 3 atom stereocenters. The van der Waals surface area contributed by atoms with Gasteiger partial charge in [-0.05, 0) is 30.5 Å². The van der Waals surface area contributed by atoms with Crippen molar-refractivity contribution >= 4 is 105 Å². The second-order valence-electron chi connectivity index (χ2n) is 12.4. The molecule has 1 saturated carbocycles. The molecule has 2 fully saturated rings. The summed E-state index contributed by atoms with van der Waals surface area (Å²) in [6, 6.07) is 1.24. The highest BCUT2D eigenvalue weighted by Crippen LogP contribution is 2.41. The molecule has 3 aliphatic rings. The molecule has 58 heavy (non-hydrogen) atoms. The maximum Gasteiger partial charge on any atom is 0.490 e. The van der Waals surface area contributed by atoms with Crippen molar-refractivity contribution in [1.82, 2.24) is 20.5 Å². The average molecular weight is 918 g/mol. The van der Waals surface area contributed by atoms with E-state index in [0.29, 0.717) is 24.2 Å². The van der Waals surface area contributed by atoms with E-state index >= 15 is 0 Å². The number of thiazole rings is 1. The number of nitrogen functional groups attached to an aromatic ring is 1. The number of carboxylic acids is 3. The lowest BCUT2D eigenvalue weighted by Crippen LogP contribution is -2.71. The van der Waals surface area contributed by atoms with Crippen molar-refractivity contribution in [1.29, 1.82) is 0 Å². The van der Waals surface area contributed by atoms with Gasteiger partial charge in [-0.25, -0.2) is 19.4 Å². The number of alkyl halides is 3. The van der Waals surface area contributed by atoms with Gasteiger partial charge in [0.1, 0.15) is 27.1 Å². The van der Waals surface area contributed by atoms with Gasteiger partial charge in [0.15, 0.2) is 22.3 Å². The third-order valence-electron chi connectivity index (χ3n) is 8.55. The summed E-state index contributed by atoms with van der Waals surface area (Å²) in [5, 5.41) is 54.3. The van der Waals surface area contributed by atoms with Gasteiger partial charge in [0.2, 0.25) is 6.10 Å². The first kappa shape index (κ1) is 46.0. The van der Waals surface area contributed by atoms with Crippen LogP contribution in [0.2, 0.25) is 9.36 Å². The van der Waals surface area contributed by atoms with Crippen molar-refractivity contribution in [2.45, 2.75) is 55.8 Å². The summed E-state index contributed by atoms with van der Waals surface area (Å²) in [4.78, 5) is 83.2. The number of aromatic nitrogens is 1. The minimum atomic E-state index is -5.08. The minimum absolute atomic E-state index is 0.00982. The van der Waals surface area contributed by atoms with E-state index in [0.717, 1.165) is 41.6 Å². The van der Waals surface area contributed by atoms with E-state index in [9.17, 15) is 57.6 Å². The number of nitrogens with two attached hydrogens (primary N) is 1. The summed E-state index contributed by atoms with van der Waals surface area (Å²) in [5.74, 6) is -8.13. The summed E-state index contributed by atoms with van der Waals surface area (Å²) in [5.41, 5.74) is 5.37. The third kappa shape index (κ3) is 11.1. The Labute approximate surface area is 347 Å². The first-order chi connectivity index (χ1) is 27.2. The Hall–Kier alpha value is -4.65. The van der Waals surface area contributed by atoms with Crippen LogP contribution in [0.15, 0.2) is 28.6 Å². The number of nitrogens with one attached hydrogen (secondary N) is 2. The lowest BCUT2D eigenvalue weighted by molar-refractivity contribution is -0.192. The smallest absolute Gasteiger partial charge is 0.490 e. The Balaban J connectivity index is 0.000000973. The van der Waals surface area contributed by atoms with Crippen LogP contribution in [0.5, 0.6) is 11.5 Å². The molecule has 26 heteroatoms. The summed E-state index contributed by atoms with van der Waals surface area (Å²) in [7, 11) is 0. The fourth-order valence-electron chi connectivity index (χ4n) is 5.80. The van der Waals surface area contributed by atoms with Crippen LogP contribution in [0.3, 0.4) is 0 Å². The van der Waals surface area contributed by atoms with Gasteiger partial charge >= 0.3 is 24.1 Å². The molecule has 3 heterocycles. The van der Waals surface area contributed by atoms with Crippen LogP contribution in [0.1, 0.15) is 48.2 Å². The Morgan fingerprint density at radius 1 is 1.10 bits per heavy atom. The van der Waals surface area contributed by atoms with E-state index in [1.54, 1.807) is 0 Å². The van der Waals surface area contributed by atoms with Gasteiger partial charge in [-0.1, -0.05) is 59.0 Å². The van der Waals surface area contributed by atoms with E-state index in [1.165, 1.54) is 29.6 Å². The monoisotopic (exact) mass is 916 g/mol.